The van der Waals surface area contributed by atoms with E-state index in [1.807, 2.05) is 0 Å². The number of hydrogen-bond donors (Lipinski definition) is 1. The van der Waals surface area contributed by atoms with Crippen LogP contribution in [0.25, 0.3) is 0 Å². The van der Waals surface area contributed by atoms with Crippen LogP contribution >= 0.6 is 11.8 Å². The van der Waals surface area contributed by atoms with Crippen molar-refractivity contribution in [2.24, 2.45) is 7.05 Å². The summed E-state index contributed by atoms with van der Waals surface area (Å²) in [5.41, 5.74) is -1.15. The van der Waals surface area contributed by atoms with Crippen molar-refractivity contribution >= 4 is 23.8 Å². The van der Waals surface area contributed by atoms with Crippen molar-refractivity contribution in [3.8, 4) is 0 Å². The number of aromatic nitrogens is 3. The van der Waals surface area contributed by atoms with Gasteiger partial charge in [-0.3, -0.25) is 4.57 Å². The molecule has 1 N–H and O–H groups in total. The smallest absolute Gasteiger partial charge is 0.357 e. The van der Waals surface area contributed by atoms with E-state index < -0.39 is 17.3 Å². The van der Waals surface area contributed by atoms with Crippen LogP contribution in [0.5, 0.6) is 0 Å². The average molecular weight is 262 g/mol. The van der Waals surface area contributed by atoms with Gasteiger partial charge in [0.1, 0.15) is 0 Å². The topological polar surface area (TPSA) is 72.2 Å². The first-order valence-corrected chi connectivity index (χ1v) is 5.38. The maximum Gasteiger partial charge on any atom is 0.364 e. The number of anilines is 1. The van der Waals surface area contributed by atoms with Gasteiger partial charge in [-0.05, 0) is 20.8 Å². The molecule has 0 saturated heterocycles. The van der Waals surface area contributed by atoms with E-state index in [0.29, 0.717) is 5.95 Å². The first kappa shape index (κ1) is 13.6. The van der Waals surface area contributed by atoms with Crippen LogP contribution in [0, 0.1) is 0 Å². The van der Waals surface area contributed by atoms with Gasteiger partial charge in [-0.25, -0.2) is 14.0 Å². The molecule has 0 radical (unpaired) electrons. The molecule has 7 nitrogen and oxygen atoms in total. The van der Waals surface area contributed by atoms with Crippen molar-refractivity contribution in [2.75, 3.05) is 12.4 Å². The summed E-state index contributed by atoms with van der Waals surface area (Å²) in [6.45, 7) is 5.26. The van der Waals surface area contributed by atoms with Crippen LogP contribution in [0.15, 0.2) is 4.79 Å². The number of nitrogens with zero attached hydrogens (tertiary/aromatic N) is 4. The van der Waals surface area contributed by atoms with E-state index in [2.05, 4.69) is 10.4 Å². The molecule has 17 heavy (non-hydrogen) atoms. The molecular weight excluding hydrogens is 246 g/mol. The summed E-state index contributed by atoms with van der Waals surface area (Å²) in [6.07, 6.45) is 0. The third-order valence-electron chi connectivity index (χ3n) is 2.14. The van der Waals surface area contributed by atoms with Crippen molar-refractivity contribution in [1.82, 2.24) is 18.8 Å². The molecule has 0 aliphatic carbocycles. The van der Waals surface area contributed by atoms with Gasteiger partial charge in [0.2, 0.25) is 5.95 Å². The molecule has 0 fully saturated rings. The Kier molecular flexibility index (Phi) is 3.51. The summed E-state index contributed by atoms with van der Waals surface area (Å²) < 4.78 is 2.90. The van der Waals surface area contributed by atoms with Gasteiger partial charge in [-0.1, -0.05) is 0 Å². The predicted octanol–water partition coefficient (Wildman–Crippen LogP) is 0.846. The fourth-order valence-electron chi connectivity index (χ4n) is 1.15. The third kappa shape index (κ3) is 2.44. The van der Waals surface area contributed by atoms with Crippen molar-refractivity contribution < 1.29 is 4.79 Å². The minimum absolute atomic E-state index is 0.294. The monoisotopic (exact) mass is 261 g/mol. The number of carbonyl (C=O) groups excluding carboxylic acids is 1. The van der Waals surface area contributed by atoms with E-state index in [-0.39, 0.29) is 0 Å². The van der Waals surface area contributed by atoms with Gasteiger partial charge in [0.05, 0.1) is 5.54 Å². The van der Waals surface area contributed by atoms with E-state index in [0.717, 1.165) is 9.10 Å². The number of halogens is 1. The Bertz CT molecular complexity index is 485. The zero-order valence-corrected chi connectivity index (χ0v) is 11.2. The van der Waals surface area contributed by atoms with Crippen LogP contribution < -0.4 is 11.0 Å². The van der Waals surface area contributed by atoms with E-state index in [4.69, 9.17) is 11.8 Å². The minimum Gasteiger partial charge on any atom is -0.357 e. The maximum absolute atomic E-state index is 11.9. The Balaban J connectivity index is 3.19. The van der Waals surface area contributed by atoms with Gasteiger partial charge < -0.3 is 5.32 Å². The summed E-state index contributed by atoms with van der Waals surface area (Å²) in [4.78, 5) is 23.7. The molecule has 0 spiro atoms. The van der Waals surface area contributed by atoms with Crippen molar-refractivity contribution in [3.05, 3.63) is 10.5 Å². The summed E-state index contributed by atoms with van der Waals surface area (Å²) in [5.74, 6) is 0.294. The van der Waals surface area contributed by atoms with Gasteiger partial charge >= 0.3 is 11.7 Å². The van der Waals surface area contributed by atoms with Crippen LogP contribution in [0.1, 0.15) is 20.8 Å². The SMILES string of the molecule is CNc1nn(C(=O)N(Cl)C(C)(C)C)c(=O)n1C. The van der Waals surface area contributed by atoms with Crippen LogP contribution in [0.3, 0.4) is 0 Å². The number of amides is 1. The summed E-state index contributed by atoms with van der Waals surface area (Å²) in [7, 11) is 3.12. The molecule has 0 aliphatic heterocycles. The Morgan fingerprint density at radius 2 is 2.00 bits per heavy atom. The molecule has 0 aromatic carbocycles. The lowest BCUT2D eigenvalue weighted by molar-refractivity contribution is 0.196. The number of rotatable bonds is 1. The maximum atomic E-state index is 11.9. The van der Waals surface area contributed by atoms with Crippen molar-refractivity contribution in [2.45, 2.75) is 26.3 Å². The first-order valence-electron chi connectivity index (χ1n) is 5.04. The second kappa shape index (κ2) is 4.40. The molecule has 1 aromatic rings. The molecular formula is C9H16ClN5O2. The molecule has 0 unspecified atom stereocenters. The molecule has 1 aromatic heterocycles. The standard InChI is InChI=1S/C9H16ClN5O2/c1-9(2,3)15(10)8(17)14-7(16)13(5)6(11-4)12-14/h1-5H3,(H,11,12). The minimum atomic E-state index is -0.679. The lowest BCUT2D eigenvalue weighted by atomic mass is 10.1. The molecule has 1 heterocycles. The summed E-state index contributed by atoms with van der Waals surface area (Å²) in [6, 6.07) is -0.679. The molecule has 1 rings (SSSR count). The van der Waals surface area contributed by atoms with E-state index in [1.54, 1.807) is 27.8 Å². The molecule has 0 atom stereocenters. The Hall–Kier alpha value is -1.50. The highest BCUT2D eigenvalue weighted by Crippen LogP contribution is 2.16. The number of nitrogens with one attached hydrogen (secondary N) is 1. The molecule has 0 saturated carbocycles. The number of hydrogen-bond acceptors (Lipinski definition) is 4. The highest BCUT2D eigenvalue weighted by molar-refractivity contribution is 6.21. The Morgan fingerprint density at radius 1 is 1.47 bits per heavy atom. The third-order valence-corrected chi connectivity index (χ3v) is 2.79. The van der Waals surface area contributed by atoms with E-state index in [1.165, 1.54) is 11.6 Å². The molecule has 0 bridgehead atoms. The van der Waals surface area contributed by atoms with Crippen molar-refractivity contribution in [3.63, 3.8) is 0 Å². The normalized spacial score (nSPS) is 11.4. The van der Waals surface area contributed by atoms with Crippen molar-refractivity contribution in [1.29, 1.82) is 0 Å². The first-order chi connectivity index (χ1) is 7.70. The zero-order chi connectivity index (χ0) is 13.4. The fourth-order valence-corrected chi connectivity index (χ4v) is 1.22. The van der Waals surface area contributed by atoms with E-state index in [9.17, 15) is 9.59 Å². The highest BCUT2D eigenvalue weighted by Gasteiger charge is 2.29. The lowest BCUT2D eigenvalue weighted by Gasteiger charge is -2.27. The van der Waals surface area contributed by atoms with Gasteiger partial charge in [-0.2, -0.15) is 0 Å². The number of carbonyl (C=O) groups is 1. The molecule has 0 aliphatic rings. The van der Waals surface area contributed by atoms with E-state index >= 15 is 0 Å². The Morgan fingerprint density at radius 3 is 2.35 bits per heavy atom. The molecule has 8 heteroatoms. The zero-order valence-electron chi connectivity index (χ0n) is 10.5. The average Bonchev–Trinajstić information content (AvgIpc) is 2.52. The second-order valence-corrected chi connectivity index (χ2v) is 4.90. The largest absolute Gasteiger partial charge is 0.364 e. The van der Waals surface area contributed by atoms with Gasteiger partial charge in [0, 0.05) is 25.9 Å². The van der Waals surface area contributed by atoms with Gasteiger partial charge in [0.25, 0.3) is 0 Å². The molecule has 1 amide bonds. The second-order valence-electron chi connectivity index (χ2n) is 4.56. The fraction of sp³-hybridized carbons (Fsp3) is 0.667. The van der Waals surface area contributed by atoms with Crippen LogP contribution in [-0.2, 0) is 7.05 Å². The molecule has 96 valence electrons. The lowest BCUT2D eigenvalue weighted by Crippen LogP contribution is -2.44. The van der Waals surface area contributed by atoms with Crippen LogP contribution in [0.4, 0.5) is 10.7 Å². The van der Waals surface area contributed by atoms with Gasteiger partial charge in [0.15, 0.2) is 0 Å². The predicted molar refractivity (Wildman–Crippen MR) is 65.3 cm³/mol. The van der Waals surface area contributed by atoms with Crippen LogP contribution in [-0.4, -0.2) is 37.4 Å². The quantitative estimate of drug-likeness (QED) is 0.761. The van der Waals surface area contributed by atoms with Gasteiger partial charge in [-0.15, -0.1) is 9.78 Å². The van der Waals surface area contributed by atoms with Crippen LogP contribution in [0.2, 0.25) is 0 Å². The Labute approximate surface area is 104 Å². The highest BCUT2D eigenvalue weighted by atomic mass is 35.5. The summed E-state index contributed by atoms with van der Waals surface area (Å²) in [5, 5.41) is 6.55. The summed E-state index contributed by atoms with van der Waals surface area (Å²) >= 11 is 5.87.